The maximum atomic E-state index is 6.65. The third-order valence-electron chi connectivity index (χ3n) is 7.76. The van der Waals surface area contributed by atoms with Crippen molar-refractivity contribution in [1.29, 1.82) is 0 Å². The van der Waals surface area contributed by atoms with Crippen molar-refractivity contribution in [2.24, 2.45) is 40.7 Å². The van der Waals surface area contributed by atoms with Crippen molar-refractivity contribution >= 4 is 0 Å². The van der Waals surface area contributed by atoms with E-state index in [0.29, 0.717) is 11.5 Å². The molecule has 0 aliphatic heterocycles. The van der Waals surface area contributed by atoms with E-state index >= 15 is 0 Å². The normalized spacial score (nSPS) is 30.3. The van der Waals surface area contributed by atoms with E-state index < -0.39 is 0 Å². The molecule has 0 aromatic heterocycles. The summed E-state index contributed by atoms with van der Waals surface area (Å²) < 4.78 is 0. The van der Waals surface area contributed by atoms with Gasteiger partial charge in [-0.05, 0) is 54.8 Å². The molecule has 23 heavy (non-hydrogen) atoms. The van der Waals surface area contributed by atoms with E-state index in [4.69, 9.17) is 5.73 Å². The molecule has 0 radical (unpaired) electrons. The van der Waals surface area contributed by atoms with Gasteiger partial charge in [0.05, 0.1) is 0 Å². The Kier molecular flexibility index (Phi) is 8.63. The molecule has 1 aliphatic carbocycles. The van der Waals surface area contributed by atoms with Gasteiger partial charge in [0.25, 0.3) is 0 Å². The van der Waals surface area contributed by atoms with Gasteiger partial charge in [-0.1, -0.05) is 80.1 Å². The van der Waals surface area contributed by atoms with Crippen molar-refractivity contribution in [2.75, 3.05) is 0 Å². The molecule has 1 saturated carbocycles. The van der Waals surface area contributed by atoms with Crippen molar-refractivity contribution in [2.45, 2.75) is 106 Å². The van der Waals surface area contributed by atoms with Crippen LogP contribution in [-0.2, 0) is 0 Å². The Labute approximate surface area is 147 Å². The highest BCUT2D eigenvalue weighted by molar-refractivity contribution is 4.97. The Morgan fingerprint density at radius 3 is 1.96 bits per heavy atom. The van der Waals surface area contributed by atoms with E-state index in [2.05, 4.69) is 48.5 Å². The lowest BCUT2D eigenvalue weighted by molar-refractivity contribution is -0.00775. The predicted molar refractivity (Wildman–Crippen MR) is 105 cm³/mol. The number of nitrogens with two attached hydrogens (primary N) is 1. The molecular weight excluding hydrogens is 278 g/mol. The maximum Gasteiger partial charge on any atom is 0.00696 e. The first-order valence-electron chi connectivity index (χ1n) is 10.6. The van der Waals surface area contributed by atoms with Gasteiger partial charge in [-0.3, -0.25) is 0 Å². The second-order valence-electron chi connectivity index (χ2n) is 8.93. The zero-order chi connectivity index (χ0) is 17.6. The van der Waals surface area contributed by atoms with Crippen molar-refractivity contribution in [3.63, 3.8) is 0 Å². The molecule has 0 spiro atoms. The van der Waals surface area contributed by atoms with Gasteiger partial charge in [-0.15, -0.1) is 0 Å². The van der Waals surface area contributed by atoms with Crippen LogP contribution in [0.15, 0.2) is 0 Å². The molecule has 5 atom stereocenters. The summed E-state index contributed by atoms with van der Waals surface area (Å²) in [6, 6.07) is 0.295. The summed E-state index contributed by atoms with van der Waals surface area (Å²) in [6.07, 6.45) is 10.9. The van der Waals surface area contributed by atoms with Crippen LogP contribution < -0.4 is 5.73 Å². The SMILES string of the molecule is CCCC(CC)C(CC)C(C)C(C)(C(C)N)C1CCC(C)CC1. The minimum atomic E-state index is 0.294. The fourth-order valence-corrected chi connectivity index (χ4v) is 5.69. The third-order valence-corrected chi connectivity index (χ3v) is 7.76. The van der Waals surface area contributed by atoms with Gasteiger partial charge in [-0.2, -0.15) is 0 Å². The number of rotatable bonds is 9. The van der Waals surface area contributed by atoms with Crippen LogP contribution in [0.4, 0.5) is 0 Å². The predicted octanol–water partition coefficient (Wildman–Crippen LogP) is 6.65. The fourth-order valence-electron chi connectivity index (χ4n) is 5.69. The van der Waals surface area contributed by atoms with Crippen LogP contribution in [0.5, 0.6) is 0 Å². The number of hydrogen-bond acceptors (Lipinski definition) is 1. The first-order chi connectivity index (χ1) is 10.8. The second-order valence-corrected chi connectivity index (χ2v) is 8.93. The largest absolute Gasteiger partial charge is 0.327 e. The van der Waals surface area contributed by atoms with E-state index in [1.54, 1.807) is 0 Å². The molecular formula is C22H45N. The van der Waals surface area contributed by atoms with Crippen molar-refractivity contribution in [3.05, 3.63) is 0 Å². The Bertz CT molecular complexity index is 316. The molecule has 5 unspecified atom stereocenters. The highest BCUT2D eigenvalue weighted by Gasteiger charge is 2.46. The highest BCUT2D eigenvalue weighted by atomic mass is 14.7. The van der Waals surface area contributed by atoms with Gasteiger partial charge in [0, 0.05) is 6.04 Å². The summed E-state index contributed by atoms with van der Waals surface area (Å²) in [5, 5.41) is 0. The van der Waals surface area contributed by atoms with Crippen molar-refractivity contribution in [3.8, 4) is 0 Å². The van der Waals surface area contributed by atoms with E-state index in [1.165, 1.54) is 51.4 Å². The summed E-state index contributed by atoms with van der Waals surface area (Å²) in [4.78, 5) is 0. The van der Waals surface area contributed by atoms with Gasteiger partial charge in [0.15, 0.2) is 0 Å². The average Bonchev–Trinajstić information content (AvgIpc) is 2.54. The first-order valence-corrected chi connectivity index (χ1v) is 10.6. The van der Waals surface area contributed by atoms with E-state index in [-0.39, 0.29) is 0 Å². The van der Waals surface area contributed by atoms with E-state index in [9.17, 15) is 0 Å². The van der Waals surface area contributed by atoms with Gasteiger partial charge in [0.1, 0.15) is 0 Å². The molecule has 1 heteroatoms. The third kappa shape index (κ3) is 4.74. The lowest BCUT2D eigenvalue weighted by Gasteiger charge is -2.51. The quantitative estimate of drug-likeness (QED) is 0.504. The topological polar surface area (TPSA) is 26.0 Å². The smallest absolute Gasteiger partial charge is 0.00696 e. The van der Waals surface area contributed by atoms with Crippen LogP contribution in [-0.4, -0.2) is 6.04 Å². The van der Waals surface area contributed by atoms with E-state index in [0.717, 1.165) is 29.6 Å². The van der Waals surface area contributed by atoms with Gasteiger partial charge < -0.3 is 5.73 Å². The van der Waals surface area contributed by atoms with E-state index in [1.807, 2.05) is 0 Å². The molecule has 1 rings (SSSR count). The Balaban J connectivity index is 3.00. The lowest BCUT2D eigenvalue weighted by atomic mass is 9.55. The Morgan fingerprint density at radius 2 is 1.57 bits per heavy atom. The van der Waals surface area contributed by atoms with Crippen LogP contribution in [0.25, 0.3) is 0 Å². The Morgan fingerprint density at radius 1 is 1.00 bits per heavy atom. The first kappa shape index (κ1) is 21.0. The summed E-state index contributed by atoms with van der Waals surface area (Å²) in [7, 11) is 0. The zero-order valence-electron chi connectivity index (χ0n) is 17.2. The molecule has 0 aromatic rings. The molecule has 2 N–H and O–H groups in total. The molecule has 0 amide bonds. The van der Waals surface area contributed by atoms with Gasteiger partial charge in [0.2, 0.25) is 0 Å². The zero-order valence-corrected chi connectivity index (χ0v) is 17.2. The van der Waals surface area contributed by atoms with Crippen molar-refractivity contribution < 1.29 is 0 Å². The van der Waals surface area contributed by atoms with Crippen molar-refractivity contribution in [1.82, 2.24) is 0 Å². The molecule has 1 nitrogen and oxygen atoms in total. The molecule has 0 aromatic carbocycles. The summed E-state index contributed by atoms with van der Waals surface area (Å²) in [5.41, 5.74) is 6.94. The maximum absolute atomic E-state index is 6.65. The minimum Gasteiger partial charge on any atom is -0.327 e. The molecule has 138 valence electrons. The monoisotopic (exact) mass is 323 g/mol. The molecule has 1 aliphatic rings. The highest BCUT2D eigenvalue weighted by Crippen LogP contribution is 2.51. The fraction of sp³-hybridized carbons (Fsp3) is 1.00. The summed E-state index contributed by atoms with van der Waals surface area (Å²) in [6.45, 7) is 16.9. The van der Waals surface area contributed by atoms with Crippen LogP contribution in [0, 0.1) is 35.0 Å². The molecule has 0 heterocycles. The van der Waals surface area contributed by atoms with Crippen LogP contribution in [0.3, 0.4) is 0 Å². The van der Waals surface area contributed by atoms with Gasteiger partial charge in [-0.25, -0.2) is 0 Å². The van der Waals surface area contributed by atoms with Crippen LogP contribution in [0.2, 0.25) is 0 Å². The summed E-state index contributed by atoms with van der Waals surface area (Å²) in [5.74, 6) is 4.17. The summed E-state index contributed by atoms with van der Waals surface area (Å²) >= 11 is 0. The van der Waals surface area contributed by atoms with Gasteiger partial charge >= 0.3 is 0 Å². The number of hydrogen-bond donors (Lipinski definition) is 1. The molecule has 1 fully saturated rings. The van der Waals surface area contributed by atoms with Crippen LogP contribution in [0.1, 0.15) is 99.8 Å². The lowest BCUT2D eigenvalue weighted by Crippen LogP contribution is -2.51. The Hall–Kier alpha value is -0.0400. The molecule has 0 bridgehead atoms. The average molecular weight is 324 g/mol. The standard InChI is InChI=1S/C22H45N/c1-8-11-19(9-2)21(10-3)17(5)22(7,18(6)23)20-14-12-16(4)13-15-20/h16-21H,8-15,23H2,1-7H3. The van der Waals surface area contributed by atoms with Crippen LogP contribution >= 0.6 is 0 Å². The second kappa shape index (κ2) is 9.44. The minimum absolute atomic E-state index is 0.294. The molecule has 0 saturated heterocycles.